The Labute approximate surface area is 135 Å². The summed E-state index contributed by atoms with van der Waals surface area (Å²) in [5.41, 5.74) is 0. The fraction of sp³-hybridized carbons (Fsp3) is 0.938. The Balaban J connectivity index is 0.00000220. The minimum atomic E-state index is 0. The monoisotopic (exact) mass is 317 g/mol. The fourth-order valence-corrected chi connectivity index (χ4v) is 3.37. The van der Waals surface area contributed by atoms with Crippen LogP contribution in [0, 0.1) is 5.92 Å². The minimum absolute atomic E-state index is 0. The van der Waals surface area contributed by atoms with Gasteiger partial charge in [-0.1, -0.05) is 0 Å². The van der Waals surface area contributed by atoms with E-state index in [0.29, 0.717) is 12.1 Å². The lowest BCUT2D eigenvalue weighted by Gasteiger charge is -2.35. The first-order valence-electron chi connectivity index (χ1n) is 8.39. The summed E-state index contributed by atoms with van der Waals surface area (Å²) in [6, 6.07) is 1.04. The minimum Gasteiger partial charge on any atom is -0.353 e. The van der Waals surface area contributed by atoms with Gasteiger partial charge in [0.05, 0.1) is 0 Å². The lowest BCUT2D eigenvalue weighted by atomic mass is 9.93. The van der Waals surface area contributed by atoms with E-state index >= 15 is 0 Å². The van der Waals surface area contributed by atoms with Gasteiger partial charge in [-0.15, -0.1) is 12.4 Å². The summed E-state index contributed by atoms with van der Waals surface area (Å²) in [4.78, 5) is 14.5. The molecule has 2 heterocycles. The van der Waals surface area contributed by atoms with Gasteiger partial charge in [-0.3, -0.25) is 4.79 Å². The van der Waals surface area contributed by atoms with Crippen molar-refractivity contribution in [3.63, 3.8) is 0 Å². The van der Waals surface area contributed by atoms with Crippen molar-refractivity contribution in [2.24, 2.45) is 5.92 Å². The number of likely N-dealkylation sites (tertiary alicyclic amines) is 1. The van der Waals surface area contributed by atoms with Crippen LogP contribution < -0.4 is 10.6 Å². The molecule has 21 heavy (non-hydrogen) atoms. The first-order chi connectivity index (χ1) is 9.65. The Bertz CT molecular complexity index is 298. The van der Waals surface area contributed by atoms with Gasteiger partial charge in [0.15, 0.2) is 0 Å². The Hall–Kier alpha value is -0.320. The van der Waals surface area contributed by atoms with E-state index in [1.54, 1.807) is 0 Å². The molecule has 0 atom stereocenters. The van der Waals surface area contributed by atoms with E-state index in [-0.39, 0.29) is 18.3 Å². The maximum Gasteiger partial charge on any atom is 0.220 e. The molecule has 0 unspecified atom stereocenters. The number of hydrogen-bond donors (Lipinski definition) is 2. The van der Waals surface area contributed by atoms with Crippen LogP contribution in [0.4, 0.5) is 0 Å². The van der Waals surface area contributed by atoms with Gasteiger partial charge in [-0.05, 0) is 65.0 Å². The zero-order chi connectivity index (χ0) is 14.4. The molecule has 0 radical (unpaired) electrons. The molecular weight excluding hydrogens is 286 g/mol. The summed E-state index contributed by atoms with van der Waals surface area (Å²) in [6.45, 7) is 8.99. The Morgan fingerprint density at radius 1 is 1.19 bits per heavy atom. The second-order valence-electron chi connectivity index (χ2n) is 6.70. The largest absolute Gasteiger partial charge is 0.353 e. The summed E-state index contributed by atoms with van der Waals surface area (Å²) in [5, 5.41) is 6.61. The van der Waals surface area contributed by atoms with E-state index in [0.717, 1.165) is 57.8 Å². The average molecular weight is 318 g/mol. The molecule has 0 aromatic rings. The number of hydrogen-bond acceptors (Lipinski definition) is 3. The third kappa shape index (κ3) is 6.54. The summed E-state index contributed by atoms with van der Waals surface area (Å²) in [6.07, 6.45) is 6.47. The lowest BCUT2D eigenvalue weighted by molar-refractivity contribution is -0.122. The molecule has 2 saturated heterocycles. The Morgan fingerprint density at radius 3 is 2.38 bits per heavy atom. The van der Waals surface area contributed by atoms with Crippen LogP contribution in [0.3, 0.4) is 0 Å². The second kappa shape index (κ2) is 9.65. The molecule has 0 saturated carbocycles. The standard InChI is InChI=1S/C16H31N3O.ClH/c1-13(2)19-11-7-15(8-12-19)18-16(20)4-3-14-5-9-17-10-6-14;/h13-15,17H,3-12H2,1-2H3,(H,18,20);1H. The van der Waals surface area contributed by atoms with Crippen molar-refractivity contribution in [3.05, 3.63) is 0 Å². The van der Waals surface area contributed by atoms with E-state index in [4.69, 9.17) is 0 Å². The van der Waals surface area contributed by atoms with Gasteiger partial charge in [-0.25, -0.2) is 0 Å². The third-order valence-electron chi connectivity index (χ3n) is 4.86. The smallest absolute Gasteiger partial charge is 0.220 e. The maximum atomic E-state index is 12.0. The van der Waals surface area contributed by atoms with Gasteiger partial charge < -0.3 is 15.5 Å². The molecule has 0 aromatic heterocycles. The van der Waals surface area contributed by atoms with Crippen molar-refractivity contribution in [2.45, 2.75) is 64.5 Å². The van der Waals surface area contributed by atoms with Gasteiger partial charge in [0, 0.05) is 31.6 Å². The molecular formula is C16H32ClN3O. The van der Waals surface area contributed by atoms with Crippen molar-refractivity contribution < 1.29 is 4.79 Å². The predicted molar refractivity (Wildman–Crippen MR) is 89.9 cm³/mol. The number of rotatable bonds is 5. The molecule has 2 fully saturated rings. The zero-order valence-corrected chi connectivity index (χ0v) is 14.4. The summed E-state index contributed by atoms with van der Waals surface area (Å²) in [5.74, 6) is 1.02. The highest BCUT2D eigenvalue weighted by molar-refractivity contribution is 5.85. The molecule has 1 amide bonds. The number of nitrogens with zero attached hydrogens (tertiary/aromatic N) is 1. The van der Waals surface area contributed by atoms with Crippen LogP contribution in [-0.4, -0.2) is 49.1 Å². The van der Waals surface area contributed by atoms with Gasteiger partial charge in [0.25, 0.3) is 0 Å². The number of halogens is 1. The SMILES string of the molecule is CC(C)N1CCC(NC(=O)CCC2CCNCC2)CC1.Cl. The number of amides is 1. The molecule has 5 heteroatoms. The van der Waals surface area contributed by atoms with Crippen LogP contribution in [0.1, 0.15) is 52.4 Å². The van der Waals surface area contributed by atoms with Crippen molar-refractivity contribution in [1.29, 1.82) is 0 Å². The molecule has 2 N–H and O–H groups in total. The molecule has 0 spiro atoms. The van der Waals surface area contributed by atoms with E-state index in [1.165, 1.54) is 12.8 Å². The Kier molecular flexibility index (Phi) is 8.60. The van der Waals surface area contributed by atoms with E-state index in [1.807, 2.05) is 0 Å². The van der Waals surface area contributed by atoms with E-state index < -0.39 is 0 Å². The van der Waals surface area contributed by atoms with Crippen LogP contribution in [0.15, 0.2) is 0 Å². The zero-order valence-electron chi connectivity index (χ0n) is 13.6. The molecule has 0 aliphatic carbocycles. The highest BCUT2D eigenvalue weighted by Gasteiger charge is 2.22. The first kappa shape index (κ1) is 18.7. The fourth-order valence-electron chi connectivity index (χ4n) is 3.37. The Morgan fingerprint density at radius 2 is 1.81 bits per heavy atom. The van der Waals surface area contributed by atoms with Gasteiger partial charge in [0.1, 0.15) is 0 Å². The van der Waals surface area contributed by atoms with Crippen LogP contribution in [-0.2, 0) is 4.79 Å². The summed E-state index contributed by atoms with van der Waals surface area (Å²) in [7, 11) is 0. The van der Waals surface area contributed by atoms with E-state index in [2.05, 4.69) is 29.4 Å². The average Bonchev–Trinajstić information content (AvgIpc) is 2.47. The lowest BCUT2D eigenvalue weighted by Crippen LogP contribution is -2.46. The van der Waals surface area contributed by atoms with Crippen molar-refractivity contribution in [1.82, 2.24) is 15.5 Å². The quantitative estimate of drug-likeness (QED) is 0.817. The van der Waals surface area contributed by atoms with Gasteiger partial charge >= 0.3 is 0 Å². The van der Waals surface area contributed by atoms with Gasteiger partial charge in [-0.2, -0.15) is 0 Å². The molecule has 0 aromatic carbocycles. The maximum absolute atomic E-state index is 12.0. The van der Waals surface area contributed by atoms with Crippen molar-refractivity contribution in [3.8, 4) is 0 Å². The first-order valence-corrected chi connectivity index (χ1v) is 8.39. The number of carbonyl (C=O) groups is 1. The summed E-state index contributed by atoms with van der Waals surface area (Å²) < 4.78 is 0. The molecule has 0 bridgehead atoms. The molecule has 124 valence electrons. The molecule has 4 nitrogen and oxygen atoms in total. The molecule has 2 rings (SSSR count). The van der Waals surface area contributed by atoms with Crippen LogP contribution in [0.2, 0.25) is 0 Å². The summed E-state index contributed by atoms with van der Waals surface area (Å²) >= 11 is 0. The third-order valence-corrected chi connectivity index (χ3v) is 4.86. The highest BCUT2D eigenvalue weighted by Crippen LogP contribution is 2.18. The van der Waals surface area contributed by atoms with E-state index in [9.17, 15) is 4.79 Å². The number of nitrogens with one attached hydrogen (secondary N) is 2. The van der Waals surface area contributed by atoms with Crippen LogP contribution in [0.25, 0.3) is 0 Å². The number of carbonyl (C=O) groups excluding carboxylic acids is 1. The van der Waals surface area contributed by atoms with Crippen LogP contribution >= 0.6 is 12.4 Å². The predicted octanol–water partition coefficient (Wildman–Crippen LogP) is 2.18. The normalized spacial score (nSPS) is 22.0. The highest BCUT2D eigenvalue weighted by atomic mass is 35.5. The van der Waals surface area contributed by atoms with Gasteiger partial charge in [0.2, 0.25) is 5.91 Å². The second-order valence-corrected chi connectivity index (χ2v) is 6.70. The molecule has 2 aliphatic heterocycles. The van der Waals surface area contributed by atoms with Crippen molar-refractivity contribution in [2.75, 3.05) is 26.2 Å². The van der Waals surface area contributed by atoms with Crippen molar-refractivity contribution >= 4 is 18.3 Å². The number of piperidine rings is 2. The topological polar surface area (TPSA) is 44.4 Å². The molecule has 2 aliphatic rings. The van der Waals surface area contributed by atoms with Crippen LogP contribution in [0.5, 0.6) is 0 Å².